The van der Waals surface area contributed by atoms with Gasteiger partial charge in [-0.1, -0.05) is 0 Å². The molecule has 0 unspecified atom stereocenters. The summed E-state index contributed by atoms with van der Waals surface area (Å²) in [6, 6.07) is 7.16. The summed E-state index contributed by atoms with van der Waals surface area (Å²) in [7, 11) is 5.01. The zero-order valence-corrected chi connectivity index (χ0v) is 10.0. The van der Waals surface area contributed by atoms with Crippen molar-refractivity contribution >= 4 is 0 Å². The molecule has 5 nitrogen and oxygen atoms in total. The van der Waals surface area contributed by atoms with E-state index in [9.17, 15) is 0 Å². The van der Waals surface area contributed by atoms with E-state index in [4.69, 9.17) is 14.2 Å². The minimum Gasteiger partial charge on any atom is -0.497 e. The van der Waals surface area contributed by atoms with Crippen molar-refractivity contribution in [1.82, 2.24) is 9.78 Å². The van der Waals surface area contributed by atoms with E-state index < -0.39 is 0 Å². The van der Waals surface area contributed by atoms with Crippen LogP contribution >= 0.6 is 0 Å². The zero-order valence-electron chi connectivity index (χ0n) is 10.0. The van der Waals surface area contributed by atoms with Crippen LogP contribution in [0.4, 0.5) is 0 Å². The van der Waals surface area contributed by atoms with Crippen LogP contribution in [0.25, 0.3) is 0 Å². The molecule has 17 heavy (non-hydrogen) atoms. The molecule has 90 valence electrons. The van der Waals surface area contributed by atoms with Gasteiger partial charge in [-0.15, -0.1) is 0 Å². The highest BCUT2D eigenvalue weighted by Crippen LogP contribution is 2.34. The number of ether oxygens (including phenoxy) is 3. The molecule has 0 aliphatic heterocycles. The highest BCUT2D eigenvalue weighted by atomic mass is 16.5. The van der Waals surface area contributed by atoms with Crippen LogP contribution in [-0.4, -0.2) is 24.0 Å². The molecule has 2 rings (SSSR count). The molecule has 0 bridgehead atoms. The molecule has 1 aromatic heterocycles. The Bertz CT molecular complexity index is 508. The smallest absolute Gasteiger partial charge is 0.217 e. The number of methoxy groups -OCH3 is 2. The molecule has 2 aromatic rings. The van der Waals surface area contributed by atoms with E-state index >= 15 is 0 Å². The van der Waals surface area contributed by atoms with Crippen molar-refractivity contribution < 1.29 is 14.2 Å². The van der Waals surface area contributed by atoms with Gasteiger partial charge in [0.25, 0.3) is 0 Å². The van der Waals surface area contributed by atoms with Gasteiger partial charge in [0.2, 0.25) is 5.88 Å². The summed E-state index contributed by atoms with van der Waals surface area (Å²) in [4.78, 5) is 0. The van der Waals surface area contributed by atoms with Gasteiger partial charge >= 0.3 is 0 Å². The summed E-state index contributed by atoms with van der Waals surface area (Å²) in [5.74, 6) is 2.59. The predicted molar refractivity (Wildman–Crippen MR) is 62.8 cm³/mol. The van der Waals surface area contributed by atoms with Crippen molar-refractivity contribution in [2.45, 2.75) is 0 Å². The third-order valence-electron chi connectivity index (χ3n) is 2.36. The summed E-state index contributed by atoms with van der Waals surface area (Å²) in [5, 5.41) is 4.03. The highest BCUT2D eigenvalue weighted by molar-refractivity contribution is 5.46. The fourth-order valence-corrected chi connectivity index (χ4v) is 1.44. The summed E-state index contributed by atoms with van der Waals surface area (Å²) in [6.07, 6.45) is 1.67. The van der Waals surface area contributed by atoms with E-state index in [0.29, 0.717) is 23.1 Å². The molecular formula is C12H14N2O3. The first-order chi connectivity index (χ1) is 8.24. The van der Waals surface area contributed by atoms with Crippen molar-refractivity contribution in [2.24, 2.45) is 7.05 Å². The molecule has 0 saturated carbocycles. The largest absolute Gasteiger partial charge is 0.497 e. The summed E-state index contributed by atoms with van der Waals surface area (Å²) >= 11 is 0. The zero-order chi connectivity index (χ0) is 12.3. The van der Waals surface area contributed by atoms with E-state index in [2.05, 4.69) is 5.10 Å². The quantitative estimate of drug-likeness (QED) is 0.813. The molecule has 0 aliphatic carbocycles. The van der Waals surface area contributed by atoms with Gasteiger partial charge in [-0.3, -0.25) is 0 Å². The number of aromatic nitrogens is 2. The lowest BCUT2D eigenvalue weighted by Gasteiger charge is -2.11. The van der Waals surface area contributed by atoms with Crippen LogP contribution in [0.3, 0.4) is 0 Å². The van der Waals surface area contributed by atoms with Crippen LogP contribution in [0.1, 0.15) is 0 Å². The molecule has 0 saturated heterocycles. The van der Waals surface area contributed by atoms with E-state index in [1.54, 1.807) is 43.3 Å². The molecule has 0 aliphatic rings. The Labute approximate surface area is 99.5 Å². The van der Waals surface area contributed by atoms with Crippen molar-refractivity contribution in [2.75, 3.05) is 14.2 Å². The maximum absolute atomic E-state index is 5.71. The van der Waals surface area contributed by atoms with Crippen LogP contribution in [0.15, 0.2) is 30.5 Å². The second-order valence-corrected chi connectivity index (χ2v) is 3.41. The number of rotatable bonds is 4. The number of aryl methyl sites for hydroxylation is 1. The van der Waals surface area contributed by atoms with E-state index in [-0.39, 0.29) is 0 Å². The molecule has 0 N–H and O–H groups in total. The standard InChI is InChI=1S/C12H14N2O3/c1-14-12(6-7-13-14)17-11-8-9(15-2)4-5-10(11)16-3/h4-8H,1-3H3. The Morgan fingerprint density at radius 3 is 2.47 bits per heavy atom. The molecular weight excluding hydrogens is 220 g/mol. The number of hydrogen-bond donors (Lipinski definition) is 0. The Kier molecular flexibility index (Phi) is 3.18. The average molecular weight is 234 g/mol. The molecule has 0 radical (unpaired) electrons. The number of nitrogens with zero attached hydrogens (tertiary/aromatic N) is 2. The molecule has 0 spiro atoms. The summed E-state index contributed by atoms with van der Waals surface area (Å²) in [5.41, 5.74) is 0. The minimum absolute atomic E-state index is 0.593. The van der Waals surface area contributed by atoms with Crippen LogP contribution < -0.4 is 14.2 Å². The lowest BCUT2D eigenvalue weighted by Crippen LogP contribution is -1.97. The maximum atomic E-state index is 5.71. The van der Waals surface area contributed by atoms with E-state index in [1.807, 2.05) is 13.1 Å². The van der Waals surface area contributed by atoms with Crippen molar-refractivity contribution in [3.8, 4) is 23.1 Å². The molecule has 0 atom stereocenters. The van der Waals surface area contributed by atoms with Crippen molar-refractivity contribution in [3.63, 3.8) is 0 Å². The molecule has 5 heteroatoms. The predicted octanol–water partition coefficient (Wildman–Crippen LogP) is 2.23. The van der Waals surface area contributed by atoms with E-state index in [0.717, 1.165) is 0 Å². The maximum Gasteiger partial charge on any atom is 0.217 e. The summed E-state index contributed by atoms with van der Waals surface area (Å²) < 4.78 is 17.7. The Morgan fingerprint density at radius 2 is 1.88 bits per heavy atom. The normalized spacial score (nSPS) is 10.1. The fourth-order valence-electron chi connectivity index (χ4n) is 1.44. The van der Waals surface area contributed by atoms with Gasteiger partial charge in [0.05, 0.1) is 20.4 Å². The molecule has 1 heterocycles. The van der Waals surface area contributed by atoms with Gasteiger partial charge in [-0.2, -0.15) is 5.10 Å². The number of hydrogen-bond acceptors (Lipinski definition) is 4. The van der Waals surface area contributed by atoms with Gasteiger partial charge in [-0.05, 0) is 12.1 Å². The molecule has 0 amide bonds. The molecule has 1 aromatic carbocycles. The first kappa shape index (κ1) is 11.3. The first-order valence-electron chi connectivity index (χ1n) is 5.12. The Hall–Kier alpha value is -2.17. The average Bonchev–Trinajstić information content (AvgIpc) is 2.75. The molecule has 0 fully saturated rings. The first-order valence-corrected chi connectivity index (χ1v) is 5.12. The minimum atomic E-state index is 0.593. The van der Waals surface area contributed by atoms with E-state index in [1.165, 1.54) is 0 Å². The lowest BCUT2D eigenvalue weighted by atomic mass is 10.3. The third-order valence-corrected chi connectivity index (χ3v) is 2.36. The second-order valence-electron chi connectivity index (χ2n) is 3.41. The monoisotopic (exact) mass is 234 g/mol. The topological polar surface area (TPSA) is 45.5 Å². The van der Waals surface area contributed by atoms with Crippen LogP contribution in [0, 0.1) is 0 Å². The van der Waals surface area contributed by atoms with Crippen LogP contribution in [0.5, 0.6) is 23.1 Å². The summed E-state index contributed by atoms with van der Waals surface area (Å²) in [6.45, 7) is 0. The van der Waals surface area contributed by atoms with Gasteiger partial charge in [-0.25, -0.2) is 4.68 Å². The number of benzene rings is 1. The SMILES string of the molecule is COc1ccc(OC)c(Oc2ccnn2C)c1. The van der Waals surface area contributed by atoms with Crippen molar-refractivity contribution in [1.29, 1.82) is 0 Å². The lowest BCUT2D eigenvalue weighted by molar-refractivity contribution is 0.359. The van der Waals surface area contributed by atoms with Gasteiger partial charge in [0.15, 0.2) is 11.5 Å². The Balaban J connectivity index is 2.33. The van der Waals surface area contributed by atoms with Crippen molar-refractivity contribution in [3.05, 3.63) is 30.5 Å². The fraction of sp³-hybridized carbons (Fsp3) is 0.250. The second kappa shape index (κ2) is 4.78. The van der Waals surface area contributed by atoms with Gasteiger partial charge in [0, 0.05) is 19.2 Å². The third kappa shape index (κ3) is 2.33. The van der Waals surface area contributed by atoms with Gasteiger partial charge < -0.3 is 14.2 Å². The van der Waals surface area contributed by atoms with Gasteiger partial charge in [0.1, 0.15) is 5.75 Å². The Morgan fingerprint density at radius 1 is 1.06 bits per heavy atom. The van der Waals surface area contributed by atoms with Crippen LogP contribution in [0.2, 0.25) is 0 Å². The highest BCUT2D eigenvalue weighted by Gasteiger charge is 2.09. The van der Waals surface area contributed by atoms with Crippen LogP contribution in [-0.2, 0) is 7.05 Å².